The number of primary amides is 1. The number of rotatable bonds is 8. The van der Waals surface area contributed by atoms with Crippen molar-refractivity contribution in [2.45, 2.75) is 51.2 Å². The van der Waals surface area contributed by atoms with Crippen LogP contribution in [0, 0.1) is 5.92 Å². The normalized spacial score (nSPS) is 19.5. The SMILES string of the molecule is NC=C(NC(=O)CCC1CCCC[C@@H]1NC(=O)OCc1ccccc1)C(N)=O. The molecule has 0 heterocycles. The van der Waals surface area contributed by atoms with E-state index in [0.29, 0.717) is 6.42 Å². The summed E-state index contributed by atoms with van der Waals surface area (Å²) in [7, 11) is 0. The zero-order chi connectivity index (χ0) is 20.4. The summed E-state index contributed by atoms with van der Waals surface area (Å²) in [6.45, 7) is 0.216. The van der Waals surface area contributed by atoms with E-state index in [2.05, 4.69) is 10.6 Å². The summed E-state index contributed by atoms with van der Waals surface area (Å²) in [6.07, 6.45) is 5.18. The molecule has 0 aliphatic heterocycles. The molecule has 0 bridgehead atoms. The van der Waals surface area contributed by atoms with Crippen molar-refractivity contribution in [3.05, 3.63) is 47.8 Å². The molecule has 1 fully saturated rings. The fraction of sp³-hybridized carbons (Fsp3) is 0.450. The van der Waals surface area contributed by atoms with Crippen LogP contribution >= 0.6 is 0 Å². The summed E-state index contributed by atoms with van der Waals surface area (Å²) in [5.74, 6) is -0.941. The number of nitrogens with two attached hydrogens (primary N) is 2. The van der Waals surface area contributed by atoms with Gasteiger partial charge in [0.1, 0.15) is 12.3 Å². The fourth-order valence-electron chi connectivity index (χ4n) is 3.37. The maximum atomic E-state index is 12.1. The molecule has 2 rings (SSSR count). The second kappa shape index (κ2) is 11.0. The van der Waals surface area contributed by atoms with Gasteiger partial charge in [-0.15, -0.1) is 0 Å². The second-order valence-corrected chi connectivity index (χ2v) is 6.89. The molecule has 1 saturated carbocycles. The van der Waals surface area contributed by atoms with Crippen LogP contribution in [0.5, 0.6) is 0 Å². The third-order valence-corrected chi connectivity index (χ3v) is 4.87. The van der Waals surface area contributed by atoms with Gasteiger partial charge in [-0.25, -0.2) is 4.79 Å². The molecule has 0 saturated heterocycles. The highest BCUT2D eigenvalue weighted by Crippen LogP contribution is 2.28. The summed E-state index contributed by atoms with van der Waals surface area (Å²) >= 11 is 0. The van der Waals surface area contributed by atoms with Crippen LogP contribution in [0.15, 0.2) is 42.2 Å². The van der Waals surface area contributed by atoms with Crippen molar-refractivity contribution in [3.63, 3.8) is 0 Å². The van der Waals surface area contributed by atoms with Gasteiger partial charge in [-0.3, -0.25) is 9.59 Å². The lowest BCUT2D eigenvalue weighted by Crippen LogP contribution is -2.42. The largest absolute Gasteiger partial charge is 0.445 e. The summed E-state index contributed by atoms with van der Waals surface area (Å²) < 4.78 is 5.30. The maximum Gasteiger partial charge on any atom is 0.407 e. The van der Waals surface area contributed by atoms with Gasteiger partial charge in [-0.1, -0.05) is 43.2 Å². The van der Waals surface area contributed by atoms with E-state index in [4.69, 9.17) is 16.2 Å². The third-order valence-electron chi connectivity index (χ3n) is 4.87. The Labute approximate surface area is 164 Å². The Hall–Kier alpha value is -3.03. The molecule has 1 aliphatic carbocycles. The van der Waals surface area contributed by atoms with Gasteiger partial charge in [0.25, 0.3) is 5.91 Å². The first-order valence-corrected chi connectivity index (χ1v) is 9.48. The minimum Gasteiger partial charge on any atom is -0.445 e. The molecule has 2 atom stereocenters. The van der Waals surface area contributed by atoms with Gasteiger partial charge in [-0.2, -0.15) is 0 Å². The molecule has 8 nitrogen and oxygen atoms in total. The predicted molar refractivity (Wildman–Crippen MR) is 104 cm³/mol. The summed E-state index contributed by atoms with van der Waals surface area (Å²) in [4.78, 5) is 35.3. The maximum absolute atomic E-state index is 12.1. The summed E-state index contributed by atoms with van der Waals surface area (Å²) in [6, 6.07) is 9.44. The lowest BCUT2D eigenvalue weighted by atomic mass is 9.81. The van der Waals surface area contributed by atoms with Crippen molar-refractivity contribution in [3.8, 4) is 0 Å². The van der Waals surface area contributed by atoms with E-state index in [0.717, 1.165) is 37.4 Å². The van der Waals surface area contributed by atoms with Gasteiger partial charge in [0.05, 0.1) is 0 Å². The molecule has 152 valence electrons. The highest BCUT2D eigenvalue weighted by atomic mass is 16.5. The molecular weight excluding hydrogens is 360 g/mol. The fourth-order valence-corrected chi connectivity index (χ4v) is 3.37. The van der Waals surface area contributed by atoms with Crippen LogP contribution in [-0.4, -0.2) is 23.9 Å². The first-order valence-electron chi connectivity index (χ1n) is 9.48. The van der Waals surface area contributed by atoms with Crippen LogP contribution in [0.2, 0.25) is 0 Å². The molecule has 28 heavy (non-hydrogen) atoms. The van der Waals surface area contributed by atoms with E-state index in [1.54, 1.807) is 0 Å². The lowest BCUT2D eigenvalue weighted by Gasteiger charge is -2.31. The van der Waals surface area contributed by atoms with Crippen molar-refractivity contribution in [2.24, 2.45) is 17.4 Å². The Morgan fingerprint density at radius 1 is 1.14 bits per heavy atom. The molecule has 6 N–H and O–H groups in total. The van der Waals surface area contributed by atoms with Crippen molar-refractivity contribution >= 4 is 17.9 Å². The molecule has 0 spiro atoms. The van der Waals surface area contributed by atoms with Crippen LogP contribution in [0.3, 0.4) is 0 Å². The van der Waals surface area contributed by atoms with Gasteiger partial charge in [0.15, 0.2) is 0 Å². The van der Waals surface area contributed by atoms with Gasteiger partial charge >= 0.3 is 6.09 Å². The quantitative estimate of drug-likeness (QED) is 0.502. The van der Waals surface area contributed by atoms with Crippen LogP contribution in [0.25, 0.3) is 0 Å². The summed E-state index contributed by atoms with van der Waals surface area (Å²) in [5, 5.41) is 5.35. The second-order valence-electron chi connectivity index (χ2n) is 6.89. The number of benzene rings is 1. The van der Waals surface area contributed by atoms with E-state index in [-0.39, 0.29) is 36.6 Å². The van der Waals surface area contributed by atoms with E-state index in [9.17, 15) is 14.4 Å². The third kappa shape index (κ3) is 6.94. The Morgan fingerprint density at radius 2 is 1.86 bits per heavy atom. The van der Waals surface area contributed by atoms with Crippen molar-refractivity contribution < 1.29 is 19.1 Å². The zero-order valence-corrected chi connectivity index (χ0v) is 15.9. The van der Waals surface area contributed by atoms with Crippen molar-refractivity contribution in [1.82, 2.24) is 10.6 Å². The van der Waals surface area contributed by atoms with Crippen molar-refractivity contribution in [2.75, 3.05) is 0 Å². The Morgan fingerprint density at radius 3 is 2.54 bits per heavy atom. The minimum atomic E-state index is -0.783. The van der Waals surface area contributed by atoms with Gasteiger partial charge in [0, 0.05) is 18.7 Å². The van der Waals surface area contributed by atoms with Crippen LogP contribution in [0.4, 0.5) is 4.79 Å². The van der Waals surface area contributed by atoms with E-state index in [1.165, 1.54) is 0 Å². The topological polar surface area (TPSA) is 137 Å². The summed E-state index contributed by atoms with van der Waals surface area (Å²) in [5.41, 5.74) is 11.2. The monoisotopic (exact) mass is 388 g/mol. The van der Waals surface area contributed by atoms with Crippen molar-refractivity contribution in [1.29, 1.82) is 0 Å². The van der Waals surface area contributed by atoms with E-state index >= 15 is 0 Å². The van der Waals surface area contributed by atoms with Crippen LogP contribution < -0.4 is 22.1 Å². The Bertz CT molecular complexity index is 705. The number of carbonyl (C=O) groups is 3. The number of ether oxygens (including phenoxy) is 1. The molecule has 1 aliphatic rings. The first-order chi connectivity index (χ1) is 13.5. The van der Waals surface area contributed by atoms with Crippen LogP contribution in [-0.2, 0) is 20.9 Å². The van der Waals surface area contributed by atoms with Crippen LogP contribution in [0.1, 0.15) is 44.1 Å². The standard InChI is InChI=1S/C20H28N4O4/c21-12-17(19(22)26)23-18(25)11-10-15-8-4-5-9-16(15)24-20(27)28-13-14-6-2-1-3-7-14/h1-3,6-7,12,15-16H,4-5,8-11,13,21H2,(H2,22,26)(H,23,25)(H,24,27)/t15?,16-/m0/s1. The number of carbonyl (C=O) groups excluding carboxylic acids is 3. The smallest absolute Gasteiger partial charge is 0.407 e. The van der Waals surface area contributed by atoms with E-state index < -0.39 is 12.0 Å². The predicted octanol–water partition coefficient (Wildman–Crippen LogP) is 1.65. The molecule has 1 aromatic carbocycles. The molecule has 1 unspecified atom stereocenters. The molecule has 0 radical (unpaired) electrons. The Balaban J connectivity index is 1.80. The minimum absolute atomic E-state index is 0.0366. The molecule has 1 aromatic rings. The molecule has 8 heteroatoms. The molecule has 3 amide bonds. The first kappa shape index (κ1) is 21.3. The Kier molecular flexibility index (Phi) is 8.33. The highest BCUT2D eigenvalue weighted by molar-refractivity contribution is 5.96. The zero-order valence-electron chi connectivity index (χ0n) is 15.9. The number of amides is 3. The number of alkyl carbamates (subject to hydrolysis) is 1. The highest BCUT2D eigenvalue weighted by Gasteiger charge is 2.27. The molecule has 0 aromatic heterocycles. The lowest BCUT2D eigenvalue weighted by molar-refractivity contribution is -0.123. The van der Waals surface area contributed by atoms with Gasteiger partial charge in [0.2, 0.25) is 5.91 Å². The number of nitrogens with one attached hydrogen (secondary N) is 2. The van der Waals surface area contributed by atoms with E-state index in [1.807, 2.05) is 30.3 Å². The number of hydrogen-bond donors (Lipinski definition) is 4. The average molecular weight is 388 g/mol. The molecular formula is C20H28N4O4. The van der Waals surface area contributed by atoms with Gasteiger partial charge < -0.3 is 26.8 Å². The number of hydrogen-bond acceptors (Lipinski definition) is 5. The average Bonchev–Trinajstić information content (AvgIpc) is 2.70. The van der Waals surface area contributed by atoms with Gasteiger partial charge in [-0.05, 0) is 30.7 Å².